The SMILES string of the molecule is Cl.N#Cc1cc([C@@H](N)c2cccs2)ccc1F. The highest BCUT2D eigenvalue weighted by atomic mass is 35.5. The van der Waals surface area contributed by atoms with Gasteiger partial charge in [-0.3, -0.25) is 0 Å². The summed E-state index contributed by atoms with van der Waals surface area (Å²) in [6.07, 6.45) is 0. The molecular formula is C12H10ClFN2S. The van der Waals surface area contributed by atoms with Crippen LogP contribution in [0, 0.1) is 17.1 Å². The van der Waals surface area contributed by atoms with Crippen molar-refractivity contribution in [2.45, 2.75) is 6.04 Å². The fourth-order valence-electron chi connectivity index (χ4n) is 1.45. The summed E-state index contributed by atoms with van der Waals surface area (Å²) in [6.45, 7) is 0. The van der Waals surface area contributed by atoms with Gasteiger partial charge in [-0.25, -0.2) is 4.39 Å². The maximum atomic E-state index is 13.1. The third-order valence-corrected chi connectivity index (χ3v) is 3.28. The fourth-order valence-corrected chi connectivity index (χ4v) is 2.21. The molecule has 88 valence electrons. The van der Waals surface area contributed by atoms with Crippen molar-refractivity contribution < 1.29 is 4.39 Å². The molecule has 2 aromatic rings. The van der Waals surface area contributed by atoms with Crippen LogP contribution in [-0.2, 0) is 0 Å². The lowest BCUT2D eigenvalue weighted by Gasteiger charge is -2.10. The van der Waals surface area contributed by atoms with Gasteiger partial charge < -0.3 is 5.73 Å². The molecule has 0 unspecified atom stereocenters. The lowest BCUT2D eigenvalue weighted by Crippen LogP contribution is -2.10. The molecule has 17 heavy (non-hydrogen) atoms. The van der Waals surface area contributed by atoms with E-state index in [-0.39, 0.29) is 24.0 Å². The Morgan fingerprint density at radius 3 is 2.71 bits per heavy atom. The van der Waals surface area contributed by atoms with Gasteiger partial charge in [0.25, 0.3) is 0 Å². The zero-order chi connectivity index (χ0) is 11.5. The van der Waals surface area contributed by atoms with Gasteiger partial charge in [0.15, 0.2) is 0 Å². The Balaban J connectivity index is 0.00000144. The molecule has 5 heteroatoms. The van der Waals surface area contributed by atoms with Crippen LogP contribution in [0.25, 0.3) is 0 Å². The van der Waals surface area contributed by atoms with Crippen LogP contribution in [0.4, 0.5) is 4.39 Å². The highest BCUT2D eigenvalue weighted by molar-refractivity contribution is 7.10. The molecule has 2 nitrogen and oxygen atoms in total. The number of benzene rings is 1. The molecule has 0 radical (unpaired) electrons. The van der Waals surface area contributed by atoms with Gasteiger partial charge in [-0.1, -0.05) is 12.1 Å². The molecule has 0 amide bonds. The molecule has 1 atom stereocenters. The van der Waals surface area contributed by atoms with Crippen LogP contribution in [0.2, 0.25) is 0 Å². The van der Waals surface area contributed by atoms with E-state index in [0.29, 0.717) is 0 Å². The van der Waals surface area contributed by atoms with E-state index in [2.05, 4.69) is 0 Å². The number of hydrogen-bond donors (Lipinski definition) is 1. The van der Waals surface area contributed by atoms with Crippen molar-refractivity contribution in [3.63, 3.8) is 0 Å². The van der Waals surface area contributed by atoms with E-state index >= 15 is 0 Å². The maximum absolute atomic E-state index is 13.1. The zero-order valence-corrected chi connectivity index (χ0v) is 10.4. The van der Waals surface area contributed by atoms with Gasteiger partial charge in [-0.05, 0) is 29.1 Å². The Morgan fingerprint density at radius 1 is 1.35 bits per heavy atom. The van der Waals surface area contributed by atoms with E-state index in [4.69, 9.17) is 11.0 Å². The monoisotopic (exact) mass is 268 g/mol. The lowest BCUT2D eigenvalue weighted by atomic mass is 10.0. The first-order chi connectivity index (χ1) is 7.72. The molecular weight excluding hydrogens is 259 g/mol. The van der Waals surface area contributed by atoms with Gasteiger partial charge in [0.05, 0.1) is 11.6 Å². The molecule has 1 aromatic heterocycles. The molecule has 0 fully saturated rings. The molecule has 0 aliphatic carbocycles. The molecule has 0 spiro atoms. The molecule has 0 bridgehead atoms. The van der Waals surface area contributed by atoms with Gasteiger partial charge in [-0.15, -0.1) is 23.7 Å². The van der Waals surface area contributed by atoms with Crippen molar-refractivity contribution in [1.82, 2.24) is 0 Å². The first-order valence-corrected chi connectivity index (χ1v) is 5.59. The van der Waals surface area contributed by atoms with Crippen molar-refractivity contribution in [2.75, 3.05) is 0 Å². The summed E-state index contributed by atoms with van der Waals surface area (Å²) in [7, 11) is 0. The third kappa shape index (κ3) is 2.83. The van der Waals surface area contributed by atoms with E-state index in [1.165, 1.54) is 12.1 Å². The lowest BCUT2D eigenvalue weighted by molar-refractivity contribution is 0.622. The summed E-state index contributed by atoms with van der Waals surface area (Å²) < 4.78 is 13.1. The zero-order valence-electron chi connectivity index (χ0n) is 8.76. The average molecular weight is 269 g/mol. The minimum Gasteiger partial charge on any atom is -0.320 e. The number of rotatable bonds is 2. The van der Waals surface area contributed by atoms with Crippen molar-refractivity contribution in [3.05, 3.63) is 57.5 Å². The second-order valence-electron chi connectivity index (χ2n) is 3.34. The van der Waals surface area contributed by atoms with Crippen LogP contribution in [0.1, 0.15) is 22.0 Å². The van der Waals surface area contributed by atoms with Crippen LogP contribution in [-0.4, -0.2) is 0 Å². The highest BCUT2D eigenvalue weighted by Gasteiger charge is 2.12. The number of nitrogens with zero attached hydrogens (tertiary/aromatic N) is 1. The van der Waals surface area contributed by atoms with Crippen molar-refractivity contribution in [2.24, 2.45) is 5.73 Å². The summed E-state index contributed by atoms with van der Waals surface area (Å²) >= 11 is 1.54. The van der Waals surface area contributed by atoms with Crippen LogP contribution >= 0.6 is 23.7 Å². The van der Waals surface area contributed by atoms with Crippen LogP contribution in [0.3, 0.4) is 0 Å². The number of thiophene rings is 1. The Kier molecular flexibility index (Phi) is 4.64. The predicted octanol–water partition coefficient (Wildman–Crippen LogP) is 3.23. The first kappa shape index (κ1) is 13.7. The van der Waals surface area contributed by atoms with E-state index in [1.807, 2.05) is 23.6 Å². The van der Waals surface area contributed by atoms with Gasteiger partial charge >= 0.3 is 0 Å². The number of nitriles is 1. The minimum atomic E-state index is -0.510. The molecule has 1 heterocycles. The Bertz CT molecular complexity index is 534. The molecule has 1 aromatic carbocycles. The van der Waals surface area contributed by atoms with E-state index in [0.717, 1.165) is 10.4 Å². The summed E-state index contributed by atoms with van der Waals surface area (Å²) in [5.41, 5.74) is 6.80. The van der Waals surface area contributed by atoms with Crippen molar-refractivity contribution in [1.29, 1.82) is 5.26 Å². The first-order valence-electron chi connectivity index (χ1n) is 4.71. The summed E-state index contributed by atoms with van der Waals surface area (Å²) in [5.74, 6) is -0.510. The largest absolute Gasteiger partial charge is 0.320 e. The molecule has 2 rings (SSSR count). The number of hydrogen-bond acceptors (Lipinski definition) is 3. The minimum absolute atomic E-state index is 0. The Labute approximate surface area is 109 Å². The molecule has 0 saturated heterocycles. The maximum Gasteiger partial charge on any atom is 0.140 e. The van der Waals surface area contributed by atoms with Gasteiger partial charge in [0, 0.05) is 4.88 Å². The molecule has 0 aliphatic heterocycles. The average Bonchev–Trinajstić information content (AvgIpc) is 2.82. The topological polar surface area (TPSA) is 49.8 Å². The fraction of sp³-hybridized carbons (Fsp3) is 0.0833. The molecule has 0 saturated carbocycles. The van der Waals surface area contributed by atoms with Crippen LogP contribution in [0.15, 0.2) is 35.7 Å². The number of nitrogens with two attached hydrogens (primary N) is 1. The van der Waals surface area contributed by atoms with Gasteiger partial charge in [0.2, 0.25) is 0 Å². The second kappa shape index (κ2) is 5.78. The normalized spacial score (nSPS) is 11.4. The van der Waals surface area contributed by atoms with E-state index in [1.54, 1.807) is 17.4 Å². The van der Waals surface area contributed by atoms with Gasteiger partial charge in [0.1, 0.15) is 11.9 Å². The molecule has 0 aliphatic rings. The Hall–Kier alpha value is -1.41. The second-order valence-corrected chi connectivity index (χ2v) is 4.32. The quantitative estimate of drug-likeness (QED) is 0.909. The molecule has 2 N–H and O–H groups in total. The third-order valence-electron chi connectivity index (χ3n) is 2.32. The van der Waals surface area contributed by atoms with E-state index in [9.17, 15) is 4.39 Å². The number of halogens is 2. The summed E-state index contributed by atoms with van der Waals surface area (Å²) in [5, 5.41) is 10.7. The standard InChI is InChI=1S/C12H9FN2S.ClH/c13-10-4-3-8(6-9(10)7-14)12(15)11-2-1-5-16-11;/h1-6,12H,15H2;1H/t12-;/m1./s1. The smallest absolute Gasteiger partial charge is 0.140 e. The Morgan fingerprint density at radius 2 is 2.12 bits per heavy atom. The van der Waals surface area contributed by atoms with Crippen LogP contribution in [0.5, 0.6) is 0 Å². The van der Waals surface area contributed by atoms with Crippen molar-refractivity contribution in [3.8, 4) is 6.07 Å². The van der Waals surface area contributed by atoms with E-state index < -0.39 is 5.82 Å². The van der Waals surface area contributed by atoms with Crippen LogP contribution < -0.4 is 5.73 Å². The summed E-state index contributed by atoms with van der Waals surface area (Å²) in [6, 6.07) is 9.73. The van der Waals surface area contributed by atoms with Gasteiger partial charge in [-0.2, -0.15) is 5.26 Å². The highest BCUT2D eigenvalue weighted by Crippen LogP contribution is 2.24. The summed E-state index contributed by atoms with van der Waals surface area (Å²) in [4.78, 5) is 0.996. The predicted molar refractivity (Wildman–Crippen MR) is 68.7 cm³/mol. The van der Waals surface area contributed by atoms with Crippen molar-refractivity contribution >= 4 is 23.7 Å².